The van der Waals surface area contributed by atoms with Crippen molar-refractivity contribution in [3.63, 3.8) is 0 Å². The van der Waals surface area contributed by atoms with Crippen molar-refractivity contribution in [2.75, 3.05) is 19.7 Å². The van der Waals surface area contributed by atoms with E-state index in [1.807, 2.05) is 0 Å². The van der Waals surface area contributed by atoms with Crippen LogP contribution in [0.4, 0.5) is 22.0 Å². The number of likely N-dealkylation sites (tertiary alicyclic amines) is 1. The summed E-state index contributed by atoms with van der Waals surface area (Å²) < 4.78 is 66.9. The highest BCUT2D eigenvalue weighted by Gasteiger charge is 2.37. The van der Waals surface area contributed by atoms with E-state index in [1.165, 1.54) is 0 Å². The molecule has 1 aliphatic heterocycles. The molecule has 0 spiro atoms. The Morgan fingerprint density at radius 3 is 2.30 bits per heavy atom. The zero-order valence-corrected chi connectivity index (χ0v) is 10.1. The third kappa shape index (κ3) is 3.24. The lowest BCUT2D eigenvalue weighted by Crippen LogP contribution is -2.55. The Bertz CT molecular complexity index is 491. The van der Waals surface area contributed by atoms with Crippen LogP contribution in [0.3, 0.4) is 0 Å². The minimum absolute atomic E-state index is 0.122. The van der Waals surface area contributed by atoms with Crippen molar-refractivity contribution < 1.29 is 31.5 Å². The molecule has 8 heteroatoms. The molecule has 1 fully saturated rings. The SMILES string of the molecule is O=C(c1c(F)cccc1F)N1CC(OCC(F)(F)F)C1. The number of hydrogen-bond donors (Lipinski definition) is 0. The van der Waals surface area contributed by atoms with Crippen molar-refractivity contribution in [1.29, 1.82) is 0 Å². The van der Waals surface area contributed by atoms with Crippen molar-refractivity contribution in [1.82, 2.24) is 4.90 Å². The topological polar surface area (TPSA) is 29.5 Å². The summed E-state index contributed by atoms with van der Waals surface area (Å²) in [6.07, 6.45) is -5.21. The lowest BCUT2D eigenvalue weighted by atomic mass is 10.1. The Kier molecular flexibility index (Phi) is 3.94. The first kappa shape index (κ1) is 14.7. The van der Waals surface area contributed by atoms with E-state index in [9.17, 15) is 26.7 Å². The molecule has 0 aliphatic carbocycles. The van der Waals surface area contributed by atoms with Crippen LogP contribution in [0.15, 0.2) is 18.2 Å². The van der Waals surface area contributed by atoms with Crippen LogP contribution in [-0.4, -0.2) is 42.8 Å². The fourth-order valence-electron chi connectivity index (χ4n) is 1.78. The van der Waals surface area contributed by atoms with Gasteiger partial charge in [0.2, 0.25) is 0 Å². The van der Waals surface area contributed by atoms with E-state index < -0.39 is 42.0 Å². The molecule has 0 aromatic heterocycles. The molecule has 1 heterocycles. The summed E-state index contributed by atoms with van der Waals surface area (Å²) in [5.41, 5.74) is -0.707. The van der Waals surface area contributed by atoms with Gasteiger partial charge in [-0.1, -0.05) is 6.07 Å². The molecule has 0 atom stereocenters. The smallest absolute Gasteiger partial charge is 0.365 e. The van der Waals surface area contributed by atoms with Gasteiger partial charge in [-0.25, -0.2) is 8.78 Å². The van der Waals surface area contributed by atoms with Gasteiger partial charge >= 0.3 is 6.18 Å². The van der Waals surface area contributed by atoms with Crippen LogP contribution >= 0.6 is 0 Å². The van der Waals surface area contributed by atoms with Gasteiger partial charge in [-0.2, -0.15) is 13.2 Å². The molecule has 1 amide bonds. The monoisotopic (exact) mass is 295 g/mol. The van der Waals surface area contributed by atoms with Gasteiger partial charge in [0, 0.05) is 13.1 Å². The molecule has 0 radical (unpaired) electrons. The van der Waals surface area contributed by atoms with Crippen LogP contribution in [0.1, 0.15) is 10.4 Å². The first-order valence-electron chi connectivity index (χ1n) is 5.69. The number of carbonyl (C=O) groups excluding carboxylic acids is 1. The molecule has 0 saturated carbocycles. The molecule has 0 N–H and O–H groups in total. The lowest BCUT2D eigenvalue weighted by Gasteiger charge is -2.39. The molecule has 20 heavy (non-hydrogen) atoms. The average molecular weight is 295 g/mol. The third-order valence-electron chi connectivity index (χ3n) is 2.79. The summed E-state index contributed by atoms with van der Waals surface area (Å²) in [5.74, 6) is -2.91. The summed E-state index contributed by atoms with van der Waals surface area (Å²) in [5, 5.41) is 0. The van der Waals surface area contributed by atoms with Gasteiger partial charge in [0.1, 0.15) is 23.8 Å². The van der Waals surface area contributed by atoms with E-state index >= 15 is 0 Å². The van der Waals surface area contributed by atoms with Gasteiger partial charge in [-0.15, -0.1) is 0 Å². The first-order valence-corrected chi connectivity index (χ1v) is 5.69. The van der Waals surface area contributed by atoms with Gasteiger partial charge in [0.25, 0.3) is 5.91 Å². The summed E-state index contributed by atoms with van der Waals surface area (Å²) in [6, 6.07) is 2.99. The van der Waals surface area contributed by atoms with Gasteiger partial charge in [-0.05, 0) is 12.1 Å². The number of ether oxygens (including phenoxy) is 1. The van der Waals surface area contributed by atoms with Gasteiger partial charge in [0.05, 0.1) is 6.10 Å². The molecular formula is C12H10F5NO2. The van der Waals surface area contributed by atoms with Crippen LogP contribution < -0.4 is 0 Å². The Morgan fingerprint density at radius 2 is 1.80 bits per heavy atom. The molecule has 110 valence electrons. The quantitative estimate of drug-likeness (QED) is 0.801. The number of halogens is 5. The highest BCUT2D eigenvalue weighted by Crippen LogP contribution is 2.22. The van der Waals surface area contributed by atoms with E-state index in [-0.39, 0.29) is 13.1 Å². The summed E-state index contributed by atoms with van der Waals surface area (Å²) in [7, 11) is 0. The fourth-order valence-corrected chi connectivity index (χ4v) is 1.78. The zero-order valence-electron chi connectivity index (χ0n) is 10.1. The van der Waals surface area contributed by atoms with Crippen molar-refractivity contribution in [3.05, 3.63) is 35.4 Å². The van der Waals surface area contributed by atoms with Gasteiger partial charge in [0.15, 0.2) is 0 Å². The van der Waals surface area contributed by atoms with E-state index in [0.29, 0.717) is 0 Å². The number of hydrogen-bond acceptors (Lipinski definition) is 2. The largest absolute Gasteiger partial charge is 0.411 e. The second-order valence-corrected chi connectivity index (χ2v) is 4.35. The van der Waals surface area contributed by atoms with Crippen LogP contribution in [0.5, 0.6) is 0 Å². The number of nitrogens with zero attached hydrogens (tertiary/aromatic N) is 1. The van der Waals surface area contributed by atoms with Crippen molar-refractivity contribution in [2.24, 2.45) is 0 Å². The van der Waals surface area contributed by atoms with E-state index in [0.717, 1.165) is 23.1 Å². The van der Waals surface area contributed by atoms with Crippen LogP contribution in [0, 0.1) is 11.6 Å². The van der Waals surface area contributed by atoms with Gasteiger partial charge in [-0.3, -0.25) is 4.79 Å². The normalized spacial score (nSPS) is 16.1. The zero-order chi connectivity index (χ0) is 14.9. The standard InChI is InChI=1S/C12H10F5NO2/c13-8-2-1-3-9(14)10(8)11(19)18-4-7(5-18)20-6-12(15,16)17/h1-3,7H,4-6H2. The Balaban J connectivity index is 1.91. The van der Waals surface area contributed by atoms with Crippen molar-refractivity contribution >= 4 is 5.91 Å². The number of amides is 1. The molecule has 1 aromatic carbocycles. The molecule has 2 rings (SSSR count). The molecule has 1 saturated heterocycles. The maximum Gasteiger partial charge on any atom is 0.411 e. The molecule has 1 aliphatic rings. The minimum Gasteiger partial charge on any atom is -0.365 e. The van der Waals surface area contributed by atoms with Crippen molar-refractivity contribution in [2.45, 2.75) is 12.3 Å². The van der Waals surface area contributed by atoms with E-state index in [1.54, 1.807) is 0 Å². The molecule has 1 aromatic rings. The van der Waals surface area contributed by atoms with E-state index in [2.05, 4.69) is 4.74 Å². The highest BCUT2D eigenvalue weighted by molar-refractivity contribution is 5.95. The predicted octanol–water partition coefficient (Wildman–Crippen LogP) is 2.37. The maximum absolute atomic E-state index is 13.4. The highest BCUT2D eigenvalue weighted by atomic mass is 19.4. The van der Waals surface area contributed by atoms with Crippen LogP contribution in [-0.2, 0) is 4.74 Å². The second kappa shape index (κ2) is 5.35. The van der Waals surface area contributed by atoms with Crippen LogP contribution in [0.25, 0.3) is 0 Å². The number of rotatable bonds is 3. The van der Waals surface area contributed by atoms with E-state index in [4.69, 9.17) is 0 Å². The Morgan fingerprint density at radius 1 is 1.25 bits per heavy atom. The van der Waals surface area contributed by atoms with Crippen molar-refractivity contribution in [3.8, 4) is 0 Å². The lowest BCUT2D eigenvalue weighted by molar-refractivity contribution is -0.196. The molecule has 3 nitrogen and oxygen atoms in total. The molecule has 0 bridgehead atoms. The summed E-state index contributed by atoms with van der Waals surface area (Å²) >= 11 is 0. The number of carbonyl (C=O) groups is 1. The third-order valence-corrected chi connectivity index (χ3v) is 2.79. The van der Waals surface area contributed by atoms with Gasteiger partial charge < -0.3 is 9.64 Å². The maximum atomic E-state index is 13.4. The average Bonchev–Trinajstić information content (AvgIpc) is 2.24. The minimum atomic E-state index is -4.44. The molecule has 0 unspecified atom stereocenters. The number of benzene rings is 1. The Labute approximate surface area is 110 Å². The summed E-state index contributed by atoms with van der Waals surface area (Å²) in [4.78, 5) is 12.8. The summed E-state index contributed by atoms with van der Waals surface area (Å²) in [6.45, 7) is -1.65. The predicted molar refractivity (Wildman–Crippen MR) is 58.1 cm³/mol. The molecular weight excluding hydrogens is 285 g/mol. The second-order valence-electron chi connectivity index (χ2n) is 4.35. The first-order chi connectivity index (χ1) is 9.28. The fraction of sp³-hybridized carbons (Fsp3) is 0.417. The number of alkyl halides is 3. The Hall–Kier alpha value is -1.70. The van der Waals surface area contributed by atoms with Crippen LogP contribution in [0.2, 0.25) is 0 Å².